The predicted octanol–water partition coefficient (Wildman–Crippen LogP) is 4.12. The first-order chi connectivity index (χ1) is 9.84. The van der Waals surface area contributed by atoms with Crippen molar-refractivity contribution in [2.45, 2.75) is 82.5 Å². The van der Waals surface area contributed by atoms with Crippen molar-refractivity contribution in [1.82, 2.24) is 10.1 Å². The zero-order chi connectivity index (χ0) is 13.8. The van der Waals surface area contributed by atoms with Gasteiger partial charge in [-0.15, -0.1) is 0 Å². The standard InChI is InChI=1S/C16H24N2O2/c19-14-11-7-3-6-10-13(14)16-17-15(18-20-16)12-8-4-1-2-5-9-12/h12-13H,1-11H2. The van der Waals surface area contributed by atoms with Gasteiger partial charge >= 0.3 is 0 Å². The van der Waals surface area contributed by atoms with Crippen molar-refractivity contribution in [1.29, 1.82) is 0 Å². The monoisotopic (exact) mass is 276 g/mol. The van der Waals surface area contributed by atoms with Gasteiger partial charge in [0, 0.05) is 12.3 Å². The molecule has 20 heavy (non-hydrogen) atoms. The van der Waals surface area contributed by atoms with E-state index in [-0.39, 0.29) is 5.92 Å². The van der Waals surface area contributed by atoms with Gasteiger partial charge in [0.05, 0.1) is 5.92 Å². The van der Waals surface area contributed by atoms with Crippen molar-refractivity contribution in [3.63, 3.8) is 0 Å². The van der Waals surface area contributed by atoms with Crippen LogP contribution in [0.4, 0.5) is 0 Å². The number of aromatic nitrogens is 2. The van der Waals surface area contributed by atoms with Crippen LogP contribution in [0, 0.1) is 0 Å². The Labute approximate surface area is 120 Å². The number of rotatable bonds is 2. The number of hydrogen-bond acceptors (Lipinski definition) is 4. The van der Waals surface area contributed by atoms with Gasteiger partial charge in [0.15, 0.2) is 5.82 Å². The molecule has 0 aliphatic heterocycles. The minimum absolute atomic E-state index is 0.135. The van der Waals surface area contributed by atoms with Crippen LogP contribution in [-0.2, 0) is 4.79 Å². The Hall–Kier alpha value is -1.19. The molecule has 0 saturated heterocycles. The van der Waals surface area contributed by atoms with E-state index in [0.717, 1.165) is 44.3 Å². The minimum atomic E-state index is -0.135. The van der Waals surface area contributed by atoms with Gasteiger partial charge in [0.25, 0.3) is 0 Å². The number of nitrogens with zero attached hydrogens (tertiary/aromatic N) is 2. The Kier molecular flexibility index (Phi) is 4.48. The SMILES string of the molecule is O=C1CCCCCC1c1nc(C2CCCCCC2)no1. The van der Waals surface area contributed by atoms with Gasteiger partial charge in [-0.2, -0.15) is 4.98 Å². The fraction of sp³-hybridized carbons (Fsp3) is 0.812. The van der Waals surface area contributed by atoms with E-state index in [1.807, 2.05) is 0 Å². The number of ketones is 1. The molecule has 0 bridgehead atoms. The van der Waals surface area contributed by atoms with Gasteiger partial charge in [-0.3, -0.25) is 4.79 Å². The van der Waals surface area contributed by atoms with Gasteiger partial charge in [-0.1, -0.05) is 43.7 Å². The number of hydrogen-bond donors (Lipinski definition) is 0. The summed E-state index contributed by atoms with van der Waals surface area (Å²) in [6, 6.07) is 0. The molecule has 4 heteroatoms. The molecule has 2 saturated carbocycles. The van der Waals surface area contributed by atoms with Crippen LogP contribution in [0.1, 0.15) is 94.2 Å². The van der Waals surface area contributed by atoms with Crippen molar-refractivity contribution >= 4 is 5.78 Å². The topological polar surface area (TPSA) is 56.0 Å². The molecule has 2 aliphatic carbocycles. The second-order valence-electron chi connectivity index (χ2n) is 6.30. The van der Waals surface area contributed by atoms with Crippen LogP contribution in [0.5, 0.6) is 0 Å². The highest BCUT2D eigenvalue weighted by molar-refractivity contribution is 5.84. The molecule has 1 aromatic heterocycles. The van der Waals surface area contributed by atoms with Gasteiger partial charge in [-0.25, -0.2) is 0 Å². The maximum absolute atomic E-state index is 12.1. The molecular formula is C16H24N2O2. The molecule has 0 aromatic carbocycles. The second kappa shape index (κ2) is 6.51. The van der Waals surface area contributed by atoms with E-state index < -0.39 is 0 Å². The minimum Gasteiger partial charge on any atom is -0.339 e. The maximum Gasteiger partial charge on any atom is 0.237 e. The fourth-order valence-electron chi connectivity index (χ4n) is 3.51. The van der Waals surface area contributed by atoms with E-state index in [0.29, 0.717) is 24.0 Å². The maximum atomic E-state index is 12.1. The molecule has 3 rings (SSSR count). The van der Waals surface area contributed by atoms with Crippen molar-refractivity contribution in [2.75, 3.05) is 0 Å². The molecule has 0 radical (unpaired) electrons. The third kappa shape index (κ3) is 3.10. The van der Waals surface area contributed by atoms with Crippen LogP contribution in [-0.4, -0.2) is 15.9 Å². The molecule has 1 aromatic rings. The fourth-order valence-corrected chi connectivity index (χ4v) is 3.51. The highest BCUT2D eigenvalue weighted by Crippen LogP contribution is 2.32. The summed E-state index contributed by atoms with van der Waals surface area (Å²) in [6.07, 6.45) is 12.3. The largest absolute Gasteiger partial charge is 0.339 e. The molecule has 1 atom stereocenters. The lowest BCUT2D eigenvalue weighted by molar-refractivity contribution is -0.120. The molecular weight excluding hydrogens is 252 g/mol. The van der Waals surface area contributed by atoms with Gasteiger partial charge in [0.2, 0.25) is 5.89 Å². The third-order valence-corrected chi connectivity index (χ3v) is 4.78. The van der Waals surface area contributed by atoms with Gasteiger partial charge < -0.3 is 4.52 Å². The Bertz CT molecular complexity index is 447. The summed E-state index contributed by atoms with van der Waals surface area (Å²) in [7, 11) is 0. The highest BCUT2D eigenvalue weighted by Gasteiger charge is 2.29. The van der Waals surface area contributed by atoms with Crippen molar-refractivity contribution < 1.29 is 9.32 Å². The van der Waals surface area contributed by atoms with Crippen molar-refractivity contribution in [3.8, 4) is 0 Å². The molecule has 2 aliphatic rings. The Morgan fingerprint density at radius 1 is 0.900 bits per heavy atom. The van der Waals surface area contributed by atoms with Crippen molar-refractivity contribution in [3.05, 3.63) is 11.7 Å². The summed E-state index contributed by atoms with van der Waals surface area (Å²) in [4.78, 5) is 16.7. The molecule has 2 fully saturated rings. The summed E-state index contributed by atoms with van der Waals surface area (Å²) in [5.41, 5.74) is 0. The quantitative estimate of drug-likeness (QED) is 0.762. The number of Topliss-reactive ketones (excluding diaryl/α,β-unsaturated/α-hetero) is 1. The lowest BCUT2D eigenvalue weighted by Crippen LogP contribution is -2.11. The Morgan fingerprint density at radius 2 is 1.60 bits per heavy atom. The van der Waals surface area contributed by atoms with Crippen LogP contribution in [0.3, 0.4) is 0 Å². The molecule has 0 amide bonds. The van der Waals surface area contributed by atoms with Crippen LogP contribution in [0.25, 0.3) is 0 Å². The second-order valence-corrected chi connectivity index (χ2v) is 6.30. The molecule has 1 unspecified atom stereocenters. The molecule has 0 N–H and O–H groups in total. The van der Waals surface area contributed by atoms with Crippen LogP contribution in [0.15, 0.2) is 4.52 Å². The van der Waals surface area contributed by atoms with E-state index in [2.05, 4.69) is 10.1 Å². The lowest BCUT2D eigenvalue weighted by atomic mass is 9.98. The van der Waals surface area contributed by atoms with Gasteiger partial charge in [-0.05, 0) is 25.7 Å². The average Bonchev–Trinajstić information content (AvgIpc) is 2.66. The summed E-state index contributed by atoms with van der Waals surface area (Å²) in [5.74, 6) is 2.02. The first-order valence-corrected chi connectivity index (χ1v) is 8.21. The molecule has 0 spiro atoms. The highest BCUT2D eigenvalue weighted by atomic mass is 16.5. The average molecular weight is 276 g/mol. The summed E-state index contributed by atoms with van der Waals surface area (Å²) in [6.45, 7) is 0. The van der Waals surface area contributed by atoms with Gasteiger partial charge in [0.1, 0.15) is 5.78 Å². The van der Waals surface area contributed by atoms with Crippen LogP contribution >= 0.6 is 0 Å². The molecule has 110 valence electrons. The Balaban J connectivity index is 1.73. The van der Waals surface area contributed by atoms with E-state index in [9.17, 15) is 4.79 Å². The van der Waals surface area contributed by atoms with E-state index >= 15 is 0 Å². The normalized spacial score (nSPS) is 26.2. The zero-order valence-electron chi connectivity index (χ0n) is 12.1. The molecule has 4 nitrogen and oxygen atoms in total. The predicted molar refractivity (Wildman–Crippen MR) is 75.6 cm³/mol. The van der Waals surface area contributed by atoms with Crippen LogP contribution < -0.4 is 0 Å². The molecule has 1 heterocycles. The summed E-state index contributed by atoms with van der Waals surface area (Å²) >= 11 is 0. The summed E-state index contributed by atoms with van der Waals surface area (Å²) in [5, 5.41) is 4.18. The first-order valence-electron chi connectivity index (χ1n) is 8.21. The third-order valence-electron chi connectivity index (χ3n) is 4.78. The first kappa shape index (κ1) is 13.8. The van der Waals surface area contributed by atoms with E-state index in [4.69, 9.17) is 4.52 Å². The van der Waals surface area contributed by atoms with Crippen molar-refractivity contribution in [2.24, 2.45) is 0 Å². The Morgan fingerprint density at radius 3 is 2.40 bits per heavy atom. The number of carbonyl (C=O) groups excluding carboxylic acids is 1. The van der Waals surface area contributed by atoms with E-state index in [1.165, 1.54) is 25.7 Å². The zero-order valence-corrected chi connectivity index (χ0v) is 12.1. The van der Waals surface area contributed by atoms with E-state index in [1.54, 1.807) is 0 Å². The smallest absolute Gasteiger partial charge is 0.237 e. The summed E-state index contributed by atoms with van der Waals surface area (Å²) < 4.78 is 5.44. The van der Waals surface area contributed by atoms with Crippen LogP contribution in [0.2, 0.25) is 0 Å². The lowest BCUT2D eigenvalue weighted by Gasteiger charge is -2.08. The number of carbonyl (C=O) groups is 1.